The number of hydrogen-bond donors (Lipinski definition) is 1. The molecular formula is C13H18N2O3. The van der Waals surface area contributed by atoms with E-state index in [1.807, 2.05) is 18.3 Å². The maximum atomic E-state index is 12.4. The Morgan fingerprint density at radius 3 is 2.67 bits per heavy atom. The molecule has 1 fully saturated rings. The van der Waals surface area contributed by atoms with Crippen molar-refractivity contribution in [3.05, 3.63) is 24.0 Å². The molecule has 1 aliphatic rings. The lowest BCUT2D eigenvalue weighted by atomic mass is 9.67. The topological polar surface area (TPSA) is 62.4 Å². The van der Waals surface area contributed by atoms with E-state index in [1.165, 1.54) is 7.11 Å². The molecule has 0 spiro atoms. The summed E-state index contributed by atoms with van der Waals surface area (Å²) in [5.41, 5.74) is 0.0148. The van der Waals surface area contributed by atoms with Crippen LogP contribution in [0.15, 0.2) is 18.3 Å². The molecule has 0 bridgehead atoms. The highest BCUT2D eigenvalue weighted by Crippen LogP contribution is 2.43. The van der Waals surface area contributed by atoms with Crippen LogP contribution < -0.4 is 0 Å². The maximum Gasteiger partial charge on any atom is 0.321 e. The van der Waals surface area contributed by atoms with Crippen LogP contribution in [0, 0.1) is 5.41 Å². The van der Waals surface area contributed by atoms with Gasteiger partial charge in [-0.15, -0.1) is 0 Å². The Hall–Kier alpha value is -1.78. The van der Waals surface area contributed by atoms with E-state index in [9.17, 15) is 9.59 Å². The third-order valence-corrected chi connectivity index (χ3v) is 3.61. The normalized spacial score (nSPS) is 16.8. The van der Waals surface area contributed by atoms with Crippen LogP contribution in [0.5, 0.6) is 0 Å². The van der Waals surface area contributed by atoms with Crippen molar-refractivity contribution in [2.75, 3.05) is 14.2 Å². The lowest BCUT2D eigenvalue weighted by molar-refractivity contribution is -0.169. The van der Waals surface area contributed by atoms with Gasteiger partial charge >= 0.3 is 5.97 Å². The second-order valence-electron chi connectivity index (χ2n) is 4.78. The Kier molecular flexibility index (Phi) is 3.41. The zero-order valence-electron chi connectivity index (χ0n) is 10.7. The summed E-state index contributed by atoms with van der Waals surface area (Å²) in [6.07, 6.45) is 3.89. The fraction of sp³-hybridized carbons (Fsp3) is 0.538. The molecule has 1 saturated carbocycles. The molecule has 18 heavy (non-hydrogen) atoms. The van der Waals surface area contributed by atoms with E-state index < -0.39 is 11.4 Å². The number of amides is 1. The standard InChI is InChI=1S/C13H18N2O3/c1-15(9-10-5-3-8-14-10)11(16)13(6-4-7-13)12(17)18-2/h3,5,8,14H,4,6-7,9H2,1-2H3. The van der Waals surface area contributed by atoms with Crippen molar-refractivity contribution in [2.45, 2.75) is 25.8 Å². The summed E-state index contributed by atoms with van der Waals surface area (Å²) in [6, 6.07) is 3.79. The van der Waals surface area contributed by atoms with Crippen molar-refractivity contribution in [2.24, 2.45) is 5.41 Å². The molecule has 5 heteroatoms. The number of carbonyl (C=O) groups is 2. The number of nitrogens with one attached hydrogen (secondary N) is 1. The van der Waals surface area contributed by atoms with Crippen molar-refractivity contribution in [1.29, 1.82) is 0 Å². The molecular weight excluding hydrogens is 232 g/mol. The molecule has 1 aromatic heterocycles. The first kappa shape index (κ1) is 12.7. The summed E-state index contributed by atoms with van der Waals surface area (Å²) in [4.78, 5) is 28.8. The number of aromatic amines is 1. The molecule has 1 heterocycles. The fourth-order valence-electron chi connectivity index (χ4n) is 2.39. The zero-order valence-corrected chi connectivity index (χ0v) is 10.7. The third kappa shape index (κ3) is 2.00. The van der Waals surface area contributed by atoms with Gasteiger partial charge in [-0.3, -0.25) is 9.59 Å². The van der Waals surface area contributed by atoms with Crippen LogP contribution in [-0.4, -0.2) is 35.9 Å². The molecule has 5 nitrogen and oxygen atoms in total. The smallest absolute Gasteiger partial charge is 0.321 e. The Bertz CT molecular complexity index is 435. The summed E-state index contributed by atoms with van der Waals surface area (Å²) in [6.45, 7) is 0.477. The average Bonchev–Trinajstić information content (AvgIpc) is 2.79. The molecule has 0 unspecified atom stereocenters. The van der Waals surface area contributed by atoms with Crippen LogP contribution in [0.2, 0.25) is 0 Å². The van der Waals surface area contributed by atoms with Gasteiger partial charge in [0.15, 0.2) is 0 Å². The summed E-state index contributed by atoms with van der Waals surface area (Å²) in [5, 5.41) is 0. The first-order valence-corrected chi connectivity index (χ1v) is 6.06. The highest BCUT2D eigenvalue weighted by molar-refractivity contribution is 6.03. The summed E-state index contributed by atoms with van der Waals surface area (Å²) in [7, 11) is 3.05. The quantitative estimate of drug-likeness (QED) is 0.647. The molecule has 98 valence electrons. The molecule has 0 aliphatic heterocycles. The van der Waals surface area contributed by atoms with Crippen LogP contribution in [0.25, 0.3) is 0 Å². The number of rotatable bonds is 4. The van der Waals surface area contributed by atoms with E-state index in [0.717, 1.165) is 12.1 Å². The molecule has 1 N–H and O–H groups in total. The van der Waals surface area contributed by atoms with Gasteiger partial charge in [0.05, 0.1) is 13.7 Å². The Labute approximate surface area is 106 Å². The van der Waals surface area contributed by atoms with Gasteiger partial charge in [0.2, 0.25) is 5.91 Å². The summed E-state index contributed by atoms with van der Waals surface area (Å²) < 4.78 is 4.77. The van der Waals surface area contributed by atoms with Gasteiger partial charge in [0.25, 0.3) is 0 Å². The van der Waals surface area contributed by atoms with E-state index in [1.54, 1.807) is 11.9 Å². The molecule has 2 rings (SSSR count). The van der Waals surface area contributed by atoms with Gasteiger partial charge in [0.1, 0.15) is 5.41 Å². The number of aromatic nitrogens is 1. The Balaban J connectivity index is 2.07. The van der Waals surface area contributed by atoms with Crippen molar-refractivity contribution >= 4 is 11.9 Å². The summed E-state index contributed by atoms with van der Waals surface area (Å²) in [5.74, 6) is -0.549. The molecule has 0 atom stereocenters. The first-order chi connectivity index (χ1) is 8.60. The van der Waals surface area contributed by atoms with E-state index in [0.29, 0.717) is 19.4 Å². The minimum atomic E-state index is -0.934. The van der Waals surface area contributed by atoms with Crippen molar-refractivity contribution < 1.29 is 14.3 Å². The van der Waals surface area contributed by atoms with Crippen LogP contribution in [-0.2, 0) is 20.9 Å². The van der Waals surface area contributed by atoms with E-state index in [-0.39, 0.29) is 5.91 Å². The highest BCUT2D eigenvalue weighted by Gasteiger charge is 2.53. The average molecular weight is 250 g/mol. The second-order valence-corrected chi connectivity index (χ2v) is 4.78. The predicted molar refractivity (Wildman–Crippen MR) is 65.6 cm³/mol. The Morgan fingerprint density at radius 1 is 1.50 bits per heavy atom. The fourth-order valence-corrected chi connectivity index (χ4v) is 2.39. The van der Waals surface area contributed by atoms with E-state index in [2.05, 4.69) is 4.98 Å². The van der Waals surface area contributed by atoms with Crippen LogP contribution >= 0.6 is 0 Å². The monoisotopic (exact) mass is 250 g/mol. The van der Waals surface area contributed by atoms with Crippen molar-refractivity contribution in [3.63, 3.8) is 0 Å². The van der Waals surface area contributed by atoms with Crippen LogP contribution in [0.4, 0.5) is 0 Å². The van der Waals surface area contributed by atoms with E-state index in [4.69, 9.17) is 4.74 Å². The van der Waals surface area contributed by atoms with Crippen molar-refractivity contribution in [1.82, 2.24) is 9.88 Å². The van der Waals surface area contributed by atoms with Gasteiger partial charge in [-0.1, -0.05) is 6.42 Å². The Morgan fingerprint density at radius 2 is 2.22 bits per heavy atom. The number of H-pyrrole nitrogens is 1. The lowest BCUT2D eigenvalue weighted by Crippen LogP contribution is -2.51. The minimum absolute atomic E-state index is 0.143. The molecule has 0 radical (unpaired) electrons. The largest absolute Gasteiger partial charge is 0.468 e. The van der Waals surface area contributed by atoms with Crippen LogP contribution in [0.1, 0.15) is 25.0 Å². The van der Waals surface area contributed by atoms with Gasteiger partial charge in [0, 0.05) is 18.9 Å². The molecule has 1 amide bonds. The zero-order chi connectivity index (χ0) is 13.2. The van der Waals surface area contributed by atoms with Gasteiger partial charge in [-0.2, -0.15) is 0 Å². The van der Waals surface area contributed by atoms with Gasteiger partial charge in [-0.05, 0) is 25.0 Å². The molecule has 1 aromatic rings. The van der Waals surface area contributed by atoms with Gasteiger partial charge < -0.3 is 14.6 Å². The number of ether oxygens (including phenoxy) is 1. The lowest BCUT2D eigenvalue weighted by Gasteiger charge is -2.39. The highest BCUT2D eigenvalue weighted by atomic mass is 16.5. The van der Waals surface area contributed by atoms with Crippen LogP contribution in [0.3, 0.4) is 0 Å². The molecule has 0 saturated heterocycles. The maximum absolute atomic E-state index is 12.4. The first-order valence-electron chi connectivity index (χ1n) is 6.06. The SMILES string of the molecule is COC(=O)C1(C(=O)N(C)Cc2ccc[nH]2)CCC1. The number of carbonyl (C=O) groups excluding carboxylic acids is 2. The number of nitrogens with zero attached hydrogens (tertiary/aromatic N) is 1. The number of hydrogen-bond acceptors (Lipinski definition) is 3. The number of esters is 1. The van der Waals surface area contributed by atoms with E-state index >= 15 is 0 Å². The molecule has 0 aromatic carbocycles. The third-order valence-electron chi connectivity index (χ3n) is 3.61. The number of methoxy groups -OCH3 is 1. The predicted octanol–water partition coefficient (Wildman–Crippen LogP) is 1.32. The second kappa shape index (κ2) is 4.84. The van der Waals surface area contributed by atoms with Gasteiger partial charge in [-0.25, -0.2) is 0 Å². The molecule has 1 aliphatic carbocycles. The van der Waals surface area contributed by atoms with Crippen molar-refractivity contribution in [3.8, 4) is 0 Å². The minimum Gasteiger partial charge on any atom is -0.468 e. The summed E-state index contributed by atoms with van der Waals surface area (Å²) >= 11 is 0.